The molecule has 0 saturated carbocycles. The van der Waals surface area contributed by atoms with Gasteiger partial charge in [-0.1, -0.05) is 67.0 Å². The van der Waals surface area contributed by atoms with Crippen LogP contribution in [0.3, 0.4) is 0 Å². The van der Waals surface area contributed by atoms with Gasteiger partial charge in [0.25, 0.3) is 5.56 Å². The van der Waals surface area contributed by atoms with Crippen LogP contribution in [0.25, 0.3) is 22.6 Å². The van der Waals surface area contributed by atoms with Crippen molar-refractivity contribution in [2.24, 2.45) is 5.16 Å². The second-order valence-electron chi connectivity index (χ2n) is 10.9. The molecule has 1 aliphatic heterocycles. The van der Waals surface area contributed by atoms with Crippen molar-refractivity contribution in [3.63, 3.8) is 0 Å². The maximum absolute atomic E-state index is 15.1. The van der Waals surface area contributed by atoms with Gasteiger partial charge >= 0.3 is 6.41 Å². The number of rotatable bonds is 10. The third-order valence-electron chi connectivity index (χ3n) is 7.43. The van der Waals surface area contributed by atoms with Crippen molar-refractivity contribution in [2.75, 3.05) is 0 Å². The molecule has 3 heterocycles. The van der Waals surface area contributed by atoms with Crippen molar-refractivity contribution in [3.05, 3.63) is 112 Å². The van der Waals surface area contributed by atoms with E-state index in [0.717, 1.165) is 40.8 Å². The number of halogens is 1. The van der Waals surface area contributed by atoms with Crippen LogP contribution in [0.5, 0.6) is 5.75 Å². The number of amidine groups is 1. The summed E-state index contributed by atoms with van der Waals surface area (Å²) in [5.74, 6) is 0.328. The number of unbranched alkanes of at least 4 members (excludes halogenated alkanes) is 1. The zero-order valence-corrected chi connectivity index (χ0v) is 24.7. The zero-order valence-electron chi connectivity index (χ0n) is 24.7. The van der Waals surface area contributed by atoms with E-state index in [9.17, 15) is 9.90 Å². The number of hydrogen-bond acceptors (Lipinski definition) is 8. The molecule has 0 aliphatic carbocycles. The highest BCUT2D eigenvalue weighted by atomic mass is 19.1. The normalized spacial score (nSPS) is 14.5. The Kier molecular flexibility index (Phi) is 8.12. The molecule has 1 unspecified atom stereocenters. The van der Waals surface area contributed by atoms with Gasteiger partial charge < -0.3 is 20.0 Å². The molecule has 0 radical (unpaired) electrons. The first-order chi connectivity index (χ1) is 21.3. The Bertz CT molecular complexity index is 1900. The number of aliphatic hydroxyl groups excluding tert-OH is 1. The van der Waals surface area contributed by atoms with Gasteiger partial charge in [0.2, 0.25) is 5.78 Å². The van der Waals surface area contributed by atoms with E-state index in [1.165, 1.54) is 23.0 Å². The number of hydrogen-bond donors (Lipinski definition) is 2. The molecule has 3 aromatic carbocycles. The quantitative estimate of drug-likeness (QED) is 0.234. The first-order valence-corrected chi connectivity index (χ1v) is 14.6. The molecule has 0 fully saturated rings. The largest absolute Gasteiger partial charge is 0.488 e. The van der Waals surface area contributed by atoms with Crippen molar-refractivity contribution in [1.82, 2.24) is 24.5 Å². The number of ether oxygens (including phenoxy) is 1. The van der Waals surface area contributed by atoms with Crippen molar-refractivity contribution in [2.45, 2.75) is 59.0 Å². The van der Waals surface area contributed by atoms with Gasteiger partial charge in [-0.25, -0.2) is 13.5 Å². The van der Waals surface area contributed by atoms with E-state index >= 15 is 4.39 Å². The third kappa shape index (κ3) is 5.66. The molecule has 0 amide bonds. The fourth-order valence-electron chi connectivity index (χ4n) is 5.39. The Morgan fingerprint density at radius 3 is 2.55 bits per heavy atom. The first-order valence-electron chi connectivity index (χ1n) is 14.6. The summed E-state index contributed by atoms with van der Waals surface area (Å²) in [6.07, 6.45) is 2.84. The van der Waals surface area contributed by atoms with Crippen LogP contribution >= 0.6 is 0 Å². The monoisotopic (exact) mass is 596 g/mol. The maximum atomic E-state index is 15.1. The number of benzene rings is 3. The molecule has 0 saturated heterocycles. The SMILES string of the molecule is CCCCc1c(Cc2ccc(-c3ccccc3C3=NOC(O)N3)cc2)c(=O)n(-c2ccc(OC(C)C)c(F)c2)c2ncnn12. The summed E-state index contributed by atoms with van der Waals surface area (Å²) in [4.78, 5) is 23.5. The lowest BCUT2D eigenvalue weighted by atomic mass is 9.96. The number of aromatic nitrogens is 4. The molecule has 11 heteroatoms. The van der Waals surface area contributed by atoms with Crippen molar-refractivity contribution >= 4 is 11.6 Å². The Morgan fingerprint density at radius 2 is 1.86 bits per heavy atom. The highest BCUT2D eigenvalue weighted by molar-refractivity contribution is 6.04. The first kappa shape index (κ1) is 29.1. The molecular formula is C33H33FN6O4. The van der Waals surface area contributed by atoms with Crippen molar-refractivity contribution < 1.29 is 19.1 Å². The Labute approximate surface area is 253 Å². The summed E-state index contributed by atoms with van der Waals surface area (Å²) >= 11 is 0. The van der Waals surface area contributed by atoms with Gasteiger partial charge in [-0.05, 0) is 55.5 Å². The second kappa shape index (κ2) is 12.3. The topological polar surface area (TPSA) is 115 Å². The van der Waals surface area contributed by atoms with Crippen LogP contribution in [-0.2, 0) is 17.7 Å². The number of fused-ring (bicyclic) bond motifs is 1. The smallest absolute Gasteiger partial charge is 0.304 e. The third-order valence-corrected chi connectivity index (χ3v) is 7.43. The average Bonchev–Trinajstić information content (AvgIpc) is 3.68. The minimum absolute atomic E-state index is 0.121. The molecule has 0 spiro atoms. The van der Waals surface area contributed by atoms with Crippen LogP contribution in [0.1, 0.15) is 56.0 Å². The fourth-order valence-corrected chi connectivity index (χ4v) is 5.39. The fraction of sp³-hybridized carbons (Fsp3) is 0.273. The number of nitrogens with one attached hydrogen (secondary N) is 1. The second-order valence-corrected chi connectivity index (χ2v) is 10.9. The Balaban J connectivity index is 1.40. The van der Waals surface area contributed by atoms with Gasteiger partial charge in [-0.3, -0.25) is 4.79 Å². The molecule has 10 nitrogen and oxygen atoms in total. The predicted octanol–water partition coefficient (Wildman–Crippen LogP) is 4.96. The summed E-state index contributed by atoms with van der Waals surface area (Å²) < 4.78 is 23.7. The van der Waals surface area contributed by atoms with E-state index in [0.29, 0.717) is 35.7 Å². The van der Waals surface area contributed by atoms with E-state index in [1.807, 2.05) is 62.4 Å². The minimum Gasteiger partial charge on any atom is -0.488 e. The zero-order chi connectivity index (χ0) is 30.8. The van der Waals surface area contributed by atoms with Crippen molar-refractivity contribution in [1.29, 1.82) is 0 Å². The molecule has 0 bridgehead atoms. The highest BCUT2D eigenvalue weighted by Crippen LogP contribution is 2.27. The van der Waals surface area contributed by atoms with Gasteiger partial charge in [0.05, 0.1) is 17.5 Å². The molecule has 5 aromatic rings. The maximum Gasteiger partial charge on any atom is 0.304 e. The van der Waals surface area contributed by atoms with Crippen LogP contribution < -0.4 is 15.6 Å². The predicted molar refractivity (Wildman–Crippen MR) is 164 cm³/mol. The van der Waals surface area contributed by atoms with Gasteiger partial charge in [-0.2, -0.15) is 10.1 Å². The molecule has 226 valence electrons. The number of oxime groups is 1. The summed E-state index contributed by atoms with van der Waals surface area (Å²) in [5, 5.41) is 20.9. The molecule has 44 heavy (non-hydrogen) atoms. The standard InChI is InChI=1S/C33H33FN6O4/c1-4-5-10-28-26(17-21-11-13-22(14-12-21)24-8-6-7-9-25(24)30-37-33(42)44-38-30)31(41)39(32-35-19-36-40(28)32)23-15-16-29(27(34)18-23)43-20(2)3/h6-9,11-16,18-20,33,42H,4-5,10,17H2,1-3H3,(H,37,38). The van der Waals surface area contributed by atoms with Gasteiger partial charge in [-0.15, -0.1) is 0 Å². The molecule has 6 rings (SSSR count). The van der Waals surface area contributed by atoms with E-state index in [-0.39, 0.29) is 17.4 Å². The lowest BCUT2D eigenvalue weighted by molar-refractivity contribution is -0.0896. The Hall–Kier alpha value is -5.03. The van der Waals surface area contributed by atoms with Gasteiger partial charge in [0.1, 0.15) is 6.33 Å². The lowest BCUT2D eigenvalue weighted by Crippen LogP contribution is -2.29. The van der Waals surface area contributed by atoms with E-state index in [1.54, 1.807) is 10.6 Å². The number of nitrogens with zero attached hydrogens (tertiary/aromatic N) is 5. The highest BCUT2D eigenvalue weighted by Gasteiger charge is 2.22. The van der Waals surface area contributed by atoms with E-state index < -0.39 is 12.2 Å². The van der Waals surface area contributed by atoms with Crippen LogP contribution in [-0.4, -0.2) is 42.6 Å². The van der Waals surface area contributed by atoms with Crippen LogP contribution in [0.2, 0.25) is 0 Å². The molecule has 1 atom stereocenters. The summed E-state index contributed by atoms with van der Waals surface area (Å²) in [6.45, 7) is 5.75. The number of aryl methyl sites for hydroxylation is 1. The Morgan fingerprint density at radius 1 is 1.09 bits per heavy atom. The minimum atomic E-state index is -1.18. The molecular weight excluding hydrogens is 563 g/mol. The van der Waals surface area contributed by atoms with Crippen LogP contribution in [0.15, 0.2) is 83.0 Å². The molecule has 1 aliphatic rings. The van der Waals surface area contributed by atoms with Gasteiger partial charge in [0, 0.05) is 23.6 Å². The van der Waals surface area contributed by atoms with Crippen LogP contribution in [0.4, 0.5) is 4.39 Å². The van der Waals surface area contributed by atoms with Gasteiger partial charge in [0.15, 0.2) is 17.4 Å². The number of aliphatic hydroxyl groups is 1. The van der Waals surface area contributed by atoms with Crippen LogP contribution in [0, 0.1) is 5.82 Å². The molecule has 2 aromatic heterocycles. The van der Waals surface area contributed by atoms with Crippen molar-refractivity contribution in [3.8, 4) is 22.6 Å². The lowest BCUT2D eigenvalue weighted by Gasteiger charge is -2.17. The molecule has 2 N–H and O–H groups in total. The van der Waals surface area contributed by atoms with E-state index in [4.69, 9.17) is 9.57 Å². The summed E-state index contributed by atoms with van der Waals surface area (Å²) in [5.41, 5.74) is 4.99. The summed E-state index contributed by atoms with van der Waals surface area (Å²) in [7, 11) is 0. The average molecular weight is 597 g/mol. The van der Waals surface area contributed by atoms with E-state index in [2.05, 4.69) is 27.5 Å². The summed E-state index contributed by atoms with van der Waals surface area (Å²) in [6, 6.07) is 20.1.